The fraction of sp³-hybridized carbons (Fsp3) is 0.235. The summed E-state index contributed by atoms with van der Waals surface area (Å²) >= 11 is 0. The predicted molar refractivity (Wildman–Crippen MR) is 77.7 cm³/mol. The van der Waals surface area contributed by atoms with E-state index in [1.807, 2.05) is 48.5 Å². The molecule has 0 amide bonds. The normalized spacial score (nSPS) is 10.2. The number of carbonyl (C=O) groups excluding carboxylic acids is 1. The van der Waals surface area contributed by atoms with Gasteiger partial charge in [-0.2, -0.15) is 0 Å². The van der Waals surface area contributed by atoms with Crippen LogP contribution in [-0.2, 0) is 0 Å². The lowest BCUT2D eigenvalue weighted by Gasteiger charge is -2.11. The number of carbonyl (C=O) groups is 1. The lowest BCUT2D eigenvalue weighted by atomic mass is 10.0. The summed E-state index contributed by atoms with van der Waals surface area (Å²) in [4.78, 5) is 11.3. The van der Waals surface area contributed by atoms with Crippen molar-refractivity contribution in [3.05, 3.63) is 54.1 Å². The number of para-hydroxylation sites is 1. The third kappa shape index (κ3) is 3.22. The molecule has 0 saturated heterocycles. The highest BCUT2D eigenvalue weighted by Gasteiger charge is 2.06. The molecule has 98 valence electrons. The van der Waals surface area contributed by atoms with E-state index in [1.165, 1.54) is 0 Å². The highest BCUT2D eigenvalue weighted by Crippen LogP contribution is 2.30. The quantitative estimate of drug-likeness (QED) is 0.742. The number of hydrogen-bond acceptors (Lipinski definition) is 2. The molecule has 0 aromatic heterocycles. The summed E-state index contributed by atoms with van der Waals surface area (Å²) in [7, 11) is 0. The molecule has 0 unspecified atom stereocenters. The Morgan fingerprint density at radius 2 is 1.74 bits per heavy atom. The Labute approximate surface area is 114 Å². The molecule has 2 rings (SSSR count). The summed E-state index contributed by atoms with van der Waals surface area (Å²) in [5.41, 5.74) is 2.86. The van der Waals surface area contributed by atoms with Crippen molar-refractivity contribution >= 4 is 5.78 Å². The molecule has 0 radical (unpaired) electrons. The molecule has 2 aromatic rings. The van der Waals surface area contributed by atoms with Crippen LogP contribution in [0.25, 0.3) is 11.1 Å². The van der Waals surface area contributed by atoms with E-state index >= 15 is 0 Å². The van der Waals surface area contributed by atoms with Gasteiger partial charge in [0.05, 0.1) is 6.61 Å². The summed E-state index contributed by atoms with van der Waals surface area (Å²) in [5.74, 6) is 0.974. The predicted octanol–water partition coefficient (Wildman–Crippen LogP) is 4.35. The molecule has 19 heavy (non-hydrogen) atoms. The van der Waals surface area contributed by atoms with Crippen LogP contribution in [0, 0.1) is 0 Å². The topological polar surface area (TPSA) is 26.3 Å². The molecule has 0 fully saturated rings. The van der Waals surface area contributed by atoms with E-state index < -0.39 is 0 Å². The number of benzene rings is 2. The molecule has 2 aromatic carbocycles. The number of ether oxygens (including phenoxy) is 1. The first kappa shape index (κ1) is 13.3. The summed E-state index contributed by atoms with van der Waals surface area (Å²) in [6, 6.07) is 15.6. The largest absolute Gasteiger partial charge is 0.493 e. The Morgan fingerprint density at radius 1 is 1.05 bits per heavy atom. The Balaban J connectivity index is 2.32. The fourth-order valence-corrected chi connectivity index (χ4v) is 1.93. The van der Waals surface area contributed by atoms with Gasteiger partial charge in [-0.3, -0.25) is 4.79 Å². The molecule has 2 nitrogen and oxygen atoms in total. The lowest BCUT2D eigenvalue weighted by molar-refractivity contribution is 0.101. The van der Waals surface area contributed by atoms with Crippen LogP contribution in [0.2, 0.25) is 0 Å². The van der Waals surface area contributed by atoms with E-state index in [0.717, 1.165) is 28.9 Å². The van der Waals surface area contributed by atoms with Crippen LogP contribution >= 0.6 is 0 Å². The second-order valence-electron chi connectivity index (χ2n) is 4.48. The van der Waals surface area contributed by atoms with E-state index in [0.29, 0.717) is 6.61 Å². The maximum atomic E-state index is 11.3. The van der Waals surface area contributed by atoms with Crippen LogP contribution in [0.5, 0.6) is 5.75 Å². The molecule has 0 bridgehead atoms. The van der Waals surface area contributed by atoms with Gasteiger partial charge >= 0.3 is 0 Å². The summed E-state index contributed by atoms with van der Waals surface area (Å²) < 4.78 is 5.75. The average Bonchev–Trinajstić information content (AvgIpc) is 2.45. The van der Waals surface area contributed by atoms with Gasteiger partial charge in [0.2, 0.25) is 0 Å². The van der Waals surface area contributed by atoms with Crippen molar-refractivity contribution in [3.8, 4) is 16.9 Å². The van der Waals surface area contributed by atoms with Crippen molar-refractivity contribution in [2.45, 2.75) is 20.3 Å². The number of ketones is 1. The van der Waals surface area contributed by atoms with Crippen LogP contribution in [-0.4, -0.2) is 12.4 Å². The van der Waals surface area contributed by atoms with Crippen molar-refractivity contribution < 1.29 is 9.53 Å². The molecule has 0 N–H and O–H groups in total. The molecular weight excluding hydrogens is 236 g/mol. The van der Waals surface area contributed by atoms with E-state index in [-0.39, 0.29) is 5.78 Å². The minimum atomic E-state index is 0.0852. The van der Waals surface area contributed by atoms with Crippen molar-refractivity contribution in [3.63, 3.8) is 0 Å². The van der Waals surface area contributed by atoms with Crippen molar-refractivity contribution in [1.29, 1.82) is 0 Å². The molecule has 0 spiro atoms. The van der Waals surface area contributed by atoms with E-state index in [2.05, 4.69) is 6.92 Å². The summed E-state index contributed by atoms with van der Waals surface area (Å²) in [5, 5.41) is 0. The zero-order valence-electron chi connectivity index (χ0n) is 11.3. The SMILES string of the molecule is CCCOc1ccccc1-c1ccc(C(C)=O)cc1. The number of hydrogen-bond donors (Lipinski definition) is 0. The Hall–Kier alpha value is -2.09. The highest BCUT2D eigenvalue weighted by atomic mass is 16.5. The van der Waals surface area contributed by atoms with Gasteiger partial charge in [-0.15, -0.1) is 0 Å². The summed E-state index contributed by atoms with van der Waals surface area (Å²) in [6.07, 6.45) is 0.984. The minimum Gasteiger partial charge on any atom is -0.493 e. The molecule has 0 aliphatic rings. The minimum absolute atomic E-state index is 0.0852. The van der Waals surface area contributed by atoms with Crippen LogP contribution in [0.4, 0.5) is 0 Å². The second kappa shape index (κ2) is 6.19. The van der Waals surface area contributed by atoms with Gasteiger partial charge in [-0.1, -0.05) is 49.4 Å². The van der Waals surface area contributed by atoms with Gasteiger partial charge in [0.25, 0.3) is 0 Å². The molecule has 0 aliphatic carbocycles. The zero-order valence-corrected chi connectivity index (χ0v) is 11.3. The second-order valence-corrected chi connectivity index (χ2v) is 4.48. The van der Waals surface area contributed by atoms with E-state index in [4.69, 9.17) is 4.74 Å². The van der Waals surface area contributed by atoms with E-state index in [1.54, 1.807) is 6.92 Å². The van der Waals surface area contributed by atoms with Crippen molar-refractivity contribution in [2.75, 3.05) is 6.61 Å². The van der Waals surface area contributed by atoms with Crippen molar-refractivity contribution in [1.82, 2.24) is 0 Å². The molecule has 0 heterocycles. The monoisotopic (exact) mass is 254 g/mol. The molecular formula is C17H18O2. The maximum absolute atomic E-state index is 11.3. The van der Waals surface area contributed by atoms with Gasteiger partial charge in [0.15, 0.2) is 5.78 Å². The smallest absolute Gasteiger partial charge is 0.159 e. The molecule has 0 atom stereocenters. The number of Topliss-reactive ketones (excluding diaryl/α,β-unsaturated/α-hetero) is 1. The van der Waals surface area contributed by atoms with Crippen LogP contribution in [0.15, 0.2) is 48.5 Å². The van der Waals surface area contributed by atoms with Crippen LogP contribution in [0.3, 0.4) is 0 Å². The van der Waals surface area contributed by atoms with Gasteiger partial charge in [-0.25, -0.2) is 0 Å². The van der Waals surface area contributed by atoms with Crippen LogP contribution in [0.1, 0.15) is 30.6 Å². The van der Waals surface area contributed by atoms with Gasteiger partial charge in [0, 0.05) is 11.1 Å². The van der Waals surface area contributed by atoms with Gasteiger partial charge in [0.1, 0.15) is 5.75 Å². The fourth-order valence-electron chi connectivity index (χ4n) is 1.93. The maximum Gasteiger partial charge on any atom is 0.159 e. The molecule has 0 saturated carbocycles. The highest BCUT2D eigenvalue weighted by molar-refractivity contribution is 5.94. The third-order valence-electron chi connectivity index (χ3n) is 2.95. The number of rotatable bonds is 5. The standard InChI is InChI=1S/C17H18O2/c1-3-12-19-17-7-5-4-6-16(17)15-10-8-14(9-11-15)13(2)18/h4-11H,3,12H2,1-2H3. The lowest BCUT2D eigenvalue weighted by Crippen LogP contribution is -1.97. The molecule has 0 aliphatic heterocycles. The summed E-state index contributed by atoms with van der Waals surface area (Å²) in [6.45, 7) is 4.38. The van der Waals surface area contributed by atoms with E-state index in [9.17, 15) is 4.79 Å². The van der Waals surface area contributed by atoms with Gasteiger partial charge < -0.3 is 4.74 Å². The first-order valence-electron chi connectivity index (χ1n) is 6.55. The third-order valence-corrected chi connectivity index (χ3v) is 2.95. The van der Waals surface area contributed by atoms with Crippen LogP contribution < -0.4 is 4.74 Å². The average molecular weight is 254 g/mol. The zero-order chi connectivity index (χ0) is 13.7. The Kier molecular flexibility index (Phi) is 4.35. The first-order valence-corrected chi connectivity index (χ1v) is 6.55. The Bertz CT molecular complexity index is 556. The first-order chi connectivity index (χ1) is 9.22. The van der Waals surface area contributed by atoms with Gasteiger partial charge in [-0.05, 0) is 25.0 Å². The van der Waals surface area contributed by atoms with Crippen molar-refractivity contribution in [2.24, 2.45) is 0 Å². The Morgan fingerprint density at radius 3 is 2.37 bits per heavy atom. The molecule has 2 heteroatoms.